The molecule has 1 aliphatic rings. The van der Waals surface area contributed by atoms with E-state index in [1.807, 2.05) is 6.07 Å². The number of hydrogen-bond donors (Lipinski definition) is 1. The topological polar surface area (TPSA) is 113 Å². The lowest BCUT2D eigenvalue weighted by Gasteiger charge is -2.27. The van der Waals surface area contributed by atoms with Crippen molar-refractivity contribution in [2.75, 3.05) is 20.3 Å². The maximum Gasteiger partial charge on any atom is 0.343 e. The van der Waals surface area contributed by atoms with Crippen LogP contribution in [-0.4, -0.2) is 26.3 Å². The van der Waals surface area contributed by atoms with Crippen molar-refractivity contribution in [2.24, 2.45) is 11.7 Å². The molecular formula is C31H30N2O6. The van der Waals surface area contributed by atoms with E-state index in [4.69, 9.17) is 29.4 Å². The van der Waals surface area contributed by atoms with Gasteiger partial charge in [-0.15, -0.1) is 0 Å². The molecule has 0 saturated carbocycles. The monoisotopic (exact) mass is 526 g/mol. The average molecular weight is 527 g/mol. The second kappa shape index (κ2) is 12.1. The van der Waals surface area contributed by atoms with Crippen molar-refractivity contribution in [3.05, 3.63) is 101 Å². The van der Waals surface area contributed by atoms with Crippen LogP contribution in [0.4, 0.5) is 0 Å². The molecule has 0 amide bonds. The van der Waals surface area contributed by atoms with Crippen molar-refractivity contribution in [1.82, 2.24) is 0 Å². The number of carbonyl (C=O) groups is 1. The number of fused-ring (bicyclic) bond motifs is 1. The molecule has 1 unspecified atom stereocenters. The minimum Gasteiger partial charge on any atom is -0.493 e. The zero-order valence-corrected chi connectivity index (χ0v) is 22.1. The summed E-state index contributed by atoms with van der Waals surface area (Å²) in [5, 5.41) is 9.88. The van der Waals surface area contributed by atoms with Gasteiger partial charge in [-0.25, -0.2) is 4.79 Å². The fourth-order valence-corrected chi connectivity index (χ4v) is 4.09. The van der Waals surface area contributed by atoms with Crippen LogP contribution in [0.15, 0.2) is 84.8 Å². The highest BCUT2D eigenvalue weighted by atomic mass is 16.5. The Hall–Kier alpha value is -4.90. The zero-order chi connectivity index (χ0) is 27.9. The molecule has 0 aliphatic carbocycles. The van der Waals surface area contributed by atoms with Gasteiger partial charge in [-0.1, -0.05) is 38.6 Å². The summed E-state index contributed by atoms with van der Waals surface area (Å²) in [6, 6.07) is 19.3. The van der Waals surface area contributed by atoms with Gasteiger partial charge in [0.1, 0.15) is 35.5 Å². The molecule has 0 spiro atoms. The van der Waals surface area contributed by atoms with Crippen LogP contribution in [0.5, 0.6) is 28.7 Å². The highest BCUT2D eigenvalue weighted by Crippen LogP contribution is 2.45. The number of benzene rings is 3. The van der Waals surface area contributed by atoms with Gasteiger partial charge >= 0.3 is 5.97 Å². The first-order valence-corrected chi connectivity index (χ1v) is 12.4. The number of nitrogens with two attached hydrogens (primary N) is 1. The van der Waals surface area contributed by atoms with Gasteiger partial charge in [0, 0.05) is 11.6 Å². The number of carbonyl (C=O) groups excluding carboxylic acids is 1. The number of methoxy groups -OCH3 is 1. The van der Waals surface area contributed by atoms with Crippen molar-refractivity contribution in [3.63, 3.8) is 0 Å². The van der Waals surface area contributed by atoms with Crippen LogP contribution >= 0.6 is 0 Å². The van der Waals surface area contributed by atoms with Crippen LogP contribution in [0, 0.1) is 17.2 Å². The molecule has 2 N–H and O–H groups in total. The van der Waals surface area contributed by atoms with Gasteiger partial charge < -0.3 is 29.4 Å². The fourth-order valence-electron chi connectivity index (χ4n) is 4.09. The molecule has 39 heavy (non-hydrogen) atoms. The van der Waals surface area contributed by atoms with Crippen LogP contribution in [0.3, 0.4) is 0 Å². The Kier molecular flexibility index (Phi) is 8.42. The molecular weight excluding hydrogens is 496 g/mol. The molecule has 8 nitrogen and oxygen atoms in total. The lowest BCUT2D eigenvalue weighted by molar-refractivity contribution is 0.0734. The minimum absolute atomic E-state index is 0.0265. The number of nitrogens with zero attached hydrogens (tertiary/aromatic N) is 1. The van der Waals surface area contributed by atoms with Gasteiger partial charge in [0.25, 0.3) is 0 Å². The van der Waals surface area contributed by atoms with Gasteiger partial charge in [0.05, 0.1) is 25.2 Å². The summed E-state index contributed by atoms with van der Waals surface area (Å²) < 4.78 is 28.2. The lowest BCUT2D eigenvalue weighted by Crippen LogP contribution is -2.21. The molecule has 4 rings (SSSR count). The zero-order valence-electron chi connectivity index (χ0n) is 22.1. The van der Waals surface area contributed by atoms with Crippen molar-refractivity contribution < 1.29 is 28.5 Å². The first-order chi connectivity index (χ1) is 18.8. The van der Waals surface area contributed by atoms with Gasteiger partial charge in [-0.05, 0) is 53.9 Å². The normalized spacial score (nSPS) is 14.1. The third kappa shape index (κ3) is 6.16. The van der Waals surface area contributed by atoms with Crippen molar-refractivity contribution in [1.29, 1.82) is 5.26 Å². The van der Waals surface area contributed by atoms with Crippen LogP contribution in [0.1, 0.15) is 41.3 Å². The van der Waals surface area contributed by atoms with E-state index in [1.165, 1.54) is 0 Å². The summed E-state index contributed by atoms with van der Waals surface area (Å²) in [4.78, 5) is 12.8. The van der Waals surface area contributed by atoms with Crippen LogP contribution in [0.2, 0.25) is 0 Å². The van der Waals surface area contributed by atoms with Crippen LogP contribution in [0.25, 0.3) is 0 Å². The van der Waals surface area contributed by atoms with Gasteiger partial charge in [-0.3, -0.25) is 0 Å². The Morgan fingerprint density at radius 2 is 1.82 bits per heavy atom. The first kappa shape index (κ1) is 27.1. The predicted octanol–water partition coefficient (Wildman–Crippen LogP) is 5.73. The molecule has 1 heterocycles. The summed E-state index contributed by atoms with van der Waals surface area (Å²) >= 11 is 0. The summed E-state index contributed by atoms with van der Waals surface area (Å²) in [5.74, 6) is 1.70. The quantitative estimate of drug-likeness (QED) is 0.202. The Labute approximate surface area is 227 Å². The second-order valence-corrected chi connectivity index (χ2v) is 9.25. The number of rotatable bonds is 10. The Balaban J connectivity index is 1.59. The minimum atomic E-state index is -0.529. The second-order valence-electron chi connectivity index (χ2n) is 9.25. The van der Waals surface area contributed by atoms with Crippen LogP contribution in [-0.2, 0) is 0 Å². The number of hydrogen-bond acceptors (Lipinski definition) is 8. The number of esters is 1. The molecule has 1 aliphatic heterocycles. The van der Waals surface area contributed by atoms with E-state index in [9.17, 15) is 10.1 Å². The molecule has 1 atom stereocenters. The van der Waals surface area contributed by atoms with Crippen molar-refractivity contribution >= 4 is 5.97 Å². The maximum absolute atomic E-state index is 12.8. The highest BCUT2D eigenvalue weighted by Gasteiger charge is 2.32. The van der Waals surface area contributed by atoms with E-state index in [0.29, 0.717) is 53.3 Å². The molecule has 8 heteroatoms. The molecule has 200 valence electrons. The van der Waals surface area contributed by atoms with E-state index in [-0.39, 0.29) is 17.2 Å². The van der Waals surface area contributed by atoms with Gasteiger partial charge in [0.15, 0.2) is 11.5 Å². The fraction of sp³-hybridized carbons (Fsp3) is 0.226. The average Bonchev–Trinajstić information content (AvgIpc) is 2.94. The SMILES string of the molecule is C=CCOc1ccc(C2C(C#N)=C(N)Oc3cc(OC(=O)c4ccc(OCC(C)C)cc4)ccc32)cc1OC. The Bertz CT molecular complexity index is 1440. The number of nitriles is 1. The van der Waals surface area contributed by atoms with E-state index < -0.39 is 11.9 Å². The Morgan fingerprint density at radius 3 is 2.49 bits per heavy atom. The molecule has 0 aromatic heterocycles. The number of ether oxygens (including phenoxy) is 5. The molecule has 0 bridgehead atoms. The largest absolute Gasteiger partial charge is 0.493 e. The predicted molar refractivity (Wildman–Crippen MR) is 146 cm³/mol. The van der Waals surface area contributed by atoms with E-state index in [1.54, 1.807) is 67.8 Å². The van der Waals surface area contributed by atoms with Gasteiger partial charge in [0.2, 0.25) is 5.88 Å². The Morgan fingerprint density at radius 1 is 1.08 bits per heavy atom. The van der Waals surface area contributed by atoms with Crippen molar-refractivity contribution in [3.8, 4) is 34.8 Å². The van der Waals surface area contributed by atoms with Gasteiger partial charge in [-0.2, -0.15) is 5.26 Å². The molecule has 3 aromatic rings. The summed E-state index contributed by atoms with van der Waals surface area (Å²) in [7, 11) is 1.54. The summed E-state index contributed by atoms with van der Waals surface area (Å²) in [6.45, 7) is 8.70. The third-order valence-corrected chi connectivity index (χ3v) is 5.95. The number of allylic oxidation sites excluding steroid dienone is 1. The summed E-state index contributed by atoms with van der Waals surface area (Å²) in [5.41, 5.74) is 8.22. The van der Waals surface area contributed by atoms with Crippen molar-refractivity contribution in [2.45, 2.75) is 19.8 Å². The standard InChI is InChI=1S/C31H30N2O6/c1-5-14-36-26-13-8-21(15-28(26)35-4)29-24-12-11-23(16-27(24)39-30(33)25(29)17-32)38-31(34)20-6-9-22(10-7-20)37-18-19(2)3/h5-13,15-16,19,29H,1,14,18,33H2,2-4H3. The molecule has 0 radical (unpaired) electrons. The molecule has 3 aromatic carbocycles. The first-order valence-electron chi connectivity index (χ1n) is 12.4. The molecule has 0 saturated heterocycles. The lowest BCUT2D eigenvalue weighted by atomic mass is 9.83. The van der Waals surface area contributed by atoms with E-state index in [2.05, 4.69) is 26.5 Å². The summed E-state index contributed by atoms with van der Waals surface area (Å²) in [6.07, 6.45) is 1.64. The highest BCUT2D eigenvalue weighted by molar-refractivity contribution is 5.91. The third-order valence-electron chi connectivity index (χ3n) is 5.95. The van der Waals surface area contributed by atoms with E-state index in [0.717, 1.165) is 5.56 Å². The van der Waals surface area contributed by atoms with E-state index >= 15 is 0 Å². The smallest absolute Gasteiger partial charge is 0.343 e. The molecule has 0 fully saturated rings. The van der Waals surface area contributed by atoms with Crippen LogP contribution < -0.4 is 29.4 Å². The maximum atomic E-state index is 12.8.